The van der Waals surface area contributed by atoms with Crippen LogP contribution in [0.3, 0.4) is 0 Å². The molecule has 1 aliphatic carbocycles. The monoisotopic (exact) mass is 308 g/mol. The van der Waals surface area contributed by atoms with Crippen LogP contribution < -0.4 is 5.73 Å². The second-order valence-corrected chi connectivity index (χ2v) is 6.34. The second-order valence-electron chi connectivity index (χ2n) is 5.45. The average Bonchev–Trinajstić information content (AvgIpc) is 3.19. The van der Waals surface area contributed by atoms with Crippen molar-refractivity contribution in [1.82, 2.24) is 15.1 Å². The number of thiazole rings is 1. The first kappa shape index (κ1) is 14.5. The zero-order valence-corrected chi connectivity index (χ0v) is 13.0. The molecule has 0 radical (unpaired) electrons. The lowest BCUT2D eigenvalue weighted by Crippen LogP contribution is -2.26. The van der Waals surface area contributed by atoms with Crippen LogP contribution in [0.15, 0.2) is 9.90 Å². The van der Waals surface area contributed by atoms with Crippen LogP contribution in [0.2, 0.25) is 0 Å². The molecular weight excluding hydrogens is 288 g/mol. The quantitative estimate of drug-likeness (QED) is 0.883. The third kappa shape index (κ3) is 3.08. The van der Waals surface area contributed by atoms with Gasteiger partial charge >= 0.3 is 0 Å². The number of ether oxygens (including phenoxy) is 1. The van der Waals surface area contributed by atoms with E-state index in [9.17, 15) is 0 Å². The number of nitrogens with two attached hydrogens (primary N) is 1. The molecule has 0 saturated heterocycles. The maximum Gasteiger partial charge on any atom is 0.226 e. The zero-order valence-electron chi connectivity index (χ0n) is 12.2. The first-order chi connectivity index (χ1) is 10.2. The molecule has 0 amide bonds. The number of aryl methyl sites for hydroxylation is 2. The van der Waals surface area contributed by atoms with Gasteiger partial charge in [-0.25, -0.2) is 4.98 Å². The van der Waals surface area contributed by atoms with Gasteiger partial charge in [-0.3, -0.25) is 0 Å². The van der Waals surface area contributed by atoms with Crippen LogP contribution in [0.4, 0.5) is 5.13 Å². The van der Waals surface area contributed by atoms with Crippen LogP contribution >= 0.6 is 11.3 Å². The Bertz CT molecular complexity index is 589. The highest BCUT2D eigenvalue weighted by molar-refractivity contribution is 7.13. The summed E-state index contributed by atoms with van der Waals surface area (Å²) in [6, 6.07) is 0. The predicted octanol–water partition coefficient (Wildman–Crippen LogP) is 2.70. The Morgan fingerprint density at radius 1 is 1.33 bits per heavy atom. The van der Waals surface area contributed by atoms with E-state index in [0.717, 1.165) is 50.6 Å². The number of nitrogen functional groups attached to an aromatic ring is 1. The third-order valence-corrected chi connectivity index (χ3v) is 4.79. The molecule has 0 bridgehead atoms. The topological polar surface area (TPSA) is 87.1 Å². The zero-order chi connectivity index (χ0) is 14.7. The smallest absolute Gasteiger partial charge is 0.226 e. The highest BCUT2D eigenvalue weighted by Crippen LogP contribution is 2.40. The van der Waals surface area contributed by atoms with Crippen LogP contribution in [-0.2, 0) is 23.2 Å². The molecule has 114 valence electrons. The van der Waals surface area contributed by atoms with Gasteiger partial charge in [0.1, 0.15) is 5.60 Å². The van der Waals surface area contributed by atoms with Crippen molar-refractivity contribution in [3.05, 3.63) is 22.8 Å². The summed E-state index contributed by atoms with van der Waals surface area (Å²) in [5.74, 6) is 1.38. The van der Waals surface area contributed by atoms with Crippen LogP contribution in [0.25, 0.3) is 0 Å². The minimum atomic E-state index is -0.328. The van der Waals surface area contributed by atoms with Crippen LogP contribution in [-0.4, -0.2) is 22.2 Å². The number of rotatable bonds is 6. The van der Waals surface area contributed by atoms with E-state index in [-0.39, 0.29) is 5.60 Å². The Morgan fingerprint density at radius 3 is 2.81 bits per heavy atom. The van der Waals surface area contributed by atoms with Crippen molar-refractivity contribution >= 4 is 16.5 Å². The fourth-order valence-corrected chi connectivity index (χ4v) is 3.46. The van der Waals surface area contributed by atoms with Gasteiger partial charge in [0, 0.05) is 18.9 Å². The van der Waals surface area contributed by atoms with E-state index in [4.69, 9.17) is 15.0 Å². The van der Waals surface area contributed by atoms with Gasteiger partial charge in [-0.15, -0.1) is 11.3 Å². The Hall–Kier alpha value is -1.47. The van der Waals surface area contributed by atoms with E-state index < -0.39 is 0 Å². The molecule has 1 fully saturated rings. The van der Waals surface area contributed by atoms with E-state index in [1.54, 1.807) is 7.11 Å². The Morgan fingerprint density at radius 2 is 2.14 bits per heavy atom. The van der Waals surface area contributed by atoms with Crippen LogP contribution in [0, 0.1) is 0 Å². The third-order valence-electron chi connectivity index (χ3n) is 4.07. The fourth-order valence-electron chi connectivity index (χ4n) is 2.86. The summed E-state index contributed by atoms with van der Waals surface area (Å²) < 4.78 is 11.0. The molecule has 0 spiro atoms. The Balaban J connectivity index is 1.57. The van der Waals surface area contributed by atoms with Crippen molar-refractivity contribution < 1.29 is 9.26 Å². The van der Waals surface area contributed by atoms with Gasteiger partial charge in [0.15, 0.2) is 5.13 Å². The summed E-state index contributed by atoms with van der Waals surface area (Å²) in [6.45, 7) is 0. The van der Waals surface area contributed by atoms with Gasteiger partial charge in [-0.05, 0) is 38.5 Å². The molecule has 7 heteroatoms. The molecule has 21 heavy (non-hydrogen) atoms. The first-order valence-corrected chi connectivity index (χ1v) is 8.18. The summed E-state index contributed by atoms with van der Waals surface area (Å²) in [7, 11) is 1.73. The Kier molecular flexibility index (Phi) is 4.21. The second kappa shape index (κ2) is 6.11. The molecule has 0 atom stereocenters. The van der Waals surface area contributed by atoms with Crippen molar-refractivity contribution in [2.45, 2.75) is 50.5 Å². The van der Waals surface area contributed by atoms with Crippen molar-refractivity contribution in [1.29, 1.82) is 0 Å². The highest BCUT2D eigenvalue weighted by atomic mass is 32.1. The predicted molar refractivity (Wildman–Crippen MR) is 80.0 cm³/mol. The van der Waals surface area contributed by atoms with Gasteiger partial charge in [0.25, 0.3) is 0 Å². The summed E-state index contributed by atoms with van der Waals surface area (Å²) in [5.41, 5.74) is 6.32. The molecule has 2 N–H and O–H groups in total. The lowest BCUT2D eigenvalue weighted by molar-refractivity contribution is -0.0178. The maximum absolute atomic E-state index is 5.67. The SMILES string of the molecule is COC1(c2noc(CCCc3csc(N)n3)n2)CCCC1. The number of hydrogen-bond acceptors (Lipinski definition) is 7. The van der Waals surface area contributed by atoms with E-state index in [1.807, 2.05) is 5.38 Å². The molecule has 3 rings (SSSR count). The lowest BCUT2D eigenvalue weighted by atomic mass is 10.0. The maximum atomic E-state index is 5.67. The minimum Gasteiger partial charge on any atom is -0.375 e. The molecule has 2 aromatic heterocycles. The van der Waals surface area contributed by atoms with E-state index >= 15 is 0 Å². The number of hydrogen-bond donors (Lipinski definition) is 1. The molecule has 0 unspecified atom stereocenters. The average molecular weight is 308 g/mol. The van der Waals surface area contributed by atoms with E-state index in [2.05, 4.69) is 15.1 Å². The summed E-state index contributed by atoms with van der Waals surface area (Å²) in [4.78, 5) is 8.77. The van der Waals surface area contributed by atoms with Gasteiger partial charge < -0.3 is 15.0 Å². The number of methoxy groups -OCH3 is 1. The molecule has 2 aromatic rings. The summed E-state index contributed by atoms with van der Waals surface area (Å²) in [5, 5.41) is 6.74. The van der Waals surface area contributed by atoms with Crippen molar-refractivity contribution in [2.75, 3.05) is 12.8 Å². The first-order valence-electron chi connectivity index (χ1n) is 7.30. The van der Waals surface area contributed by atoms with Gasteiger partial charge in [-0.2, -0.15) is 4.98 Å². The molecule has 1 aliphatic rings. The van der Waals surface area contributed by atoms with E-state index in [1.165, 1.54) is 11.3 Å². The van der Waals surface area contributed by atoms with Gasteiger partial charge in [0.2, 0.25) is 11.7 Å². The summed E-state index contributed by atoms with van der Waals surface area (Å²) in [6.07, 6.45) is 6.81. The molecule has 6 nitrogen and oxygen atoms in total. The van der Waals surface area contributed by atoms with E-state index in [0.29, 0.717) is 16.8 Å². The molecule has 1 saturated carbocycles. The normalized spacial score (nSPS) is 17.4. The standard InChI is InChI=1S/C14H20N4O2S/c1-19-14(7-2-3-8-14)12-17-11(20-18-12)6-4-5-10-9-21-13(15)16-10/h9H,2-8H2,1H3,(H2,15,16). The fraction of sp³-hybridized carbons (Fsp3) is 0.643. The molecule has 0 aromatic carbocycles. The lowest BCUT2D eigenvalue weighted by Gasteiger charge is -2.22. The van der Waals surface area contributed by atoms with Gasteiger partial charge in [-0.1, -0.05) is 5.16 Å². The molecule has 2 heterocycles. The van der Waals surface area contributed by atoms with Gasteiger partial charge in [0.05, 0.1) is 5.69 Å². The number of anilines is 1. The highest BCUT2D eigenvalue weighted by Gasteiger charge is 2.40. The number of aromatic nitrogens is 3. The number of nitrogens with zero attached hydrogens (tertiary/aromatic N) is 3. The molecular formula is C14H20N4O2S. The summed E-state index contributed by atoms with van der Waals surface area (Å²) >= 11 is 1.47. The Labute approximate surface area is 127 Å². The largest absolute Gasteiger partial charge is 0.375 e. The van der Waals surface area contributed by atoms with Crippen molar-refractivity contribution in [2.24, 2.45) is 0 Å². The van der Waals surface area contributed by atoms with Crippen LogP contribution in [0.1, 0.15) is 49.5 Å². The molecule has 0 aliphatic heterocycles. The minimum absolute atomic E-state index is 0.328. The van der Waals surface area contributed by atoms with Crippen molar-refractivity contribution in [3.63, 3.8) is 0 Å². The van der Waals surface area contributed by atoms with Crippen LogP contribution in [0.5, 0.6) is 0 Å². The van der Waals surface area contributed by atoms with Crippen molar-refractivity contribution in [3.8, 4) is 0 Å².